The van der Waals surface area contributed by atoms with E-state index in [4.69, 9.17) is 0 Å². The molecule has 0 bridgehead atoms. The molecule has 33 heavy (non-hydrogen) atoms. The predicted molar refractivity (Wildman–Crippen MR) is 129 cm³/mol. The average molecular weight is 507 g/mol. The quantitative estimate of drug-likeness (QED) is 0.540. The lowest BCUT2D eigenvalue weighted by atomic mass is 10.1. The number of halogens is 1. The third-order valence-electron chi connectivity index (χ3n) is 6.09. The van der Waals surface area contributed by atoms with Gasteiger partial charge in [-0.3, -0.25) is 14.6 Å². The summed E-state index contributed by atoms with van der Waals surface area (Å²) < 4.78 is 0.912. The second kappa shape index (κ2) is 9.27. The maximum Gasteiger partial charge on any atom is 0.228 e. The van der Waals surface area contributed by atoms with Crippen LogP contribution in [0.5, 0.6) is 0 Å². The molecule has 2 fully saturated rings. The number of carbonyl (C=O) groups excluding carboxylic acids is 2. The third kappa shape index (κ3) is 4.59. The van der Waals surface area contributed by atoms with E-state index < -0.39 is 0 Å². The lowest BCUT2D eigenvalue weighted by Crippen LogP contribution is -2.51. The Kier molecular flexibility index (Phi) is 6.04. The van der Waals surface area contributed by atoms with Gasteiger partial charge in [-0.2, -0.15) is 0 Å². The molecule has 2 aromatic heterocycles. The summed E-state index contributed by atoms with van der Waals surface area (Å²) in [6, 6.07) is 17.2. The molecule has 0 radical (unpaired) electrons. The van der Waals surface area contributed by atoms with E-state index in [9.17, 15) is 9.59 Å². The van der Waals surface area contributed by atoms with Crippen molar-refractivity contribution in [1.82, 2.24) is 20.1 Å². The standard InChI is InChI=1S/C24H23BrN6O2/c25-18-4-3-5-19(15-18)31-16-17(14-23(31)32)24(33)30-12-10-29(11-13-30)22-8-7-21(27-28-22)20-6-1-2-9-26-20/h1-9,15,17H,10-14,16H2. The predicted octanol–water partition coefficient (Wildman–Crippen LogP) is 3.00. The summed E-state index contributed by atoms with van der Waals surface area (Å²) >= 11 is 3.45. The van der Waals surface area contributed by atoms with Gasteiger partial charge in [0.05, 0.1) is 11.6 Å². The van der Waals surface area contributed by atoms with Crippen LogP contribution < -0.4 is 9.80 Å². The van der Waals surface area contributed by atoms with Gasteiger partial charge in [0, 0.05) is 55.5 Å². The zero-order valence-electron chi connectivity index (χ0n) is 18.0. The largest absolute Gasteiger partial charge is 0.352 e. The van der Waals surface area contributed by atoms with E-state index >= 15 is 0 Å². The first kappa shape index (κ1) is 21.5. The van der Waals surface area contributed by atoms with Gasteiger partial charge in [-0.1, -0.05) is 28.1 Å². The van der Waals surface area contributed by atoms with Crippen molar-refractivity contribution in [3.63, 3.8) is 0 Å². The fourth-order valence-electron chi connectivity index (χ4n) is 4.33. The van der Waals surface area contributed by atoms with Crippen LogP contribution in [0.1, 0.15) is 6.42 Å². The Morgan fingerprint density at radius 2 is 1.79 bits per heavy atom. The van der Waals surface area contributed by atoms with Gasteiger partial charge in [0.1, 0.15) is 5.69 Å². The molecule has 2 aliphatic heterocycles. The van der Waals surface area contributed by atoms with Gasteiger partial charge in [0.15, 0.2) is 5.82 Å². The highest BCUT2D eigenvalue weighted by Gasteiger charge is 2.38. The second-order valence-corrected chi connectivity index (χ2v) is 9.11. The van der Waals surface area contributed by atoms with Crippen LogP contribution in [0.4, 0.5) is 11.5 Å². The topological polar surface area (TPSA) is 82.5 Å². The molecule has 1 atom stereocenters. The number of benzene rings is 1. The first-order valence-electron chi connectivity index (χ1n) is 10.9. The van der Waals surface area contributed by atoms with E-state index in [1.54, 1.807) is 11.1 Å². The van der Waals surface area contributed by atoms with Crippen molar-refractivity contribution in [2.45, 2.75) is 6.42 Å². The molecule has 168 valence electrons. The van der Waals surface area contributed by atoms with Gasteiger partial charge in [-0.15, -0.1) is 10.2 Å². The molecule has 8 nitrogen and oxygen atoms in total. The Hall–Kier alpha value is -3.33. The number of hydrogen-bond donors (Lipinski definition) is 0. The van der Waals surface area contributed by atoms with Gasteiger partial charge < -0.3 is 14.7 Å². The van der Waals surface area contributed by atoms with Crippen LogP contribution in [-0.2, 0) is 9.59 Å². The smallest absolute Gasteiger partial charge is 0.228 e. The molecule has 2 amide bonds. The summed E-state index contributed by atoms with van der Waals surface area (Å²) in [4.78, 5) is 35.7. The Labute approximate surface area is 200 Å². The van der Waals surface area contributed by atoms with E-state index in [0.717, 1.165) is 27.4 Å². The molecular weight excluding hydrogens is 484 g/mol. The minimum absolute atomic E-state index is 0.00615. The van der Waals surface area contributed by atoms with E-state index in [1.807, 2.05) is 59.5 Å². The molecular formula is C24H23BrN6O2. The van der Waals surface area contributed by atoms with Crippen molar-refractivity contribution >= 4 is 39.2 Å². The first-order chi connectivity index (χ1) is 16.1. The third-order valence-corrected chi connectivity index (χ3v) is 6.58. The van der Waals surface area contributed by atoms with Gasteiger partial charge in [-0.05, 0) is 42.5 Å². The summed E-state index contributed by atoms with van der Waals surface area (Å²) in [5.41, 5.74) is 2.34. The van der Waals surface area contributed by atoms with Gasteiger partial charge in [-0.25, -0.2) is 0 Å². The summed E-state index contributed by atoms with van der Waals surface area (Å²) in [5.74, 6) is 0.532. The number of carbonyl (C=O) groups is 2. The number of aromatic nitrogens is 3. The fraction of sp³-hybridized carbons (Fsp3) is 0.292. The summed E-state index contributed by atoms with van der Waals surface area (Å²) in [6.07, 6.45) is 1.99. The van der Waals surface area contributed by atoms with Crippen LogP contribution in [-0.4, -0.2) is 64.6 Å². The monoisotopic (exact) mass is 506 g/mol. The normalized spacial score (nSPS) is 18.6. The van der Waals surface area contributed by atoms with Crippen molar-refractivity contribution in [3.05, 3.63) is 65.3 Å². The maximum absolute atomic E-state index is 13.1. The molecule has 4 heterocycles. The van der Waals surface area contributed by atoms with Crippen LogP contribution in [0.25, 0.3) is 11.4 Å². The molecule has 0 aliphatic carbocycles. The number of piperazine rings is 1. The lowest BCUT2D eigenvalue weighted by Gasteiger charge is -2.36. The Balaban J connectivity index is 1.18. The molecule has 2 aliphatic rings. The van der Waals surface area contributed by atoms with Gasteiger partial charge in [0.25, 0.3) is 0 Å². The van der Waals surface area contributed by atoms with Crippen LogP contribution in [0.3, 0.4) is 0 Å². The Morgan fingerprint density at radius 1 is 0.939 bits per heavy atom. The zero-order valence-corrected chi connectivity index (χ0v) is 19.6. The van der Waals surface area contributed by atoms with Crippen molar-refractivity contribution in [2.24, 2.45) is 5.92 Å². The van der Waals surface area contributed by atoms with E-state index in [-0.39, 0.29) is 24.2 Å². The van der Waals surface area contributed by atoms with Gasteiger partial charge in [0.2, 0.25) is 11.8 Å². The molecule has 5 rings (SSSR count). The Bertz CT molecular complexity index is 1150. The molecule has 0 spiro atoms. The molecule has 9 heteroatoms. The molecule has 2 saturated heterocycles. The minimum atomic E-state index is -0.305. The average Bonchev–Trinajstić information content (AvgIpc) is 3.26. The van der Waals surface area contributed by atoms with Crippen LogP contribution in [0, 0.1) is 5.92 Å². The van der Waals surface area contributed by atoms with Crippen molar-refractivity contribution in [3.8, 4) is 11.4 Å². The van der Waals surface area contributed by atoms with Crippen molar-refractivity contribution < 1.29 is 9.59 Å². The lowest BCUT2D eigenvalue weighted by molar-refractivity contribution is -0.136. The second-order valence-electron chi connectivity index (χ2n) is 8.19. The molecule has 0 saturated carbocycles. The van der Waals surface area contributed by atoms with Crippen molar-refractivity contribution in [1.29, 1.82) is 0 Å². The highest BCUT2D eigenvalue weighted by molar-refractivity contribution is 9.10. The molecule has 1 aromatic carbocycles. The number of hydrogen-bond acceptors (Lipinski definition) is 6. The minimum Gasteiger partial charge on any atom is -0.352 e. The number of anilines is 2. The van der Waals surface area contributed by atoms with E-state index in [0.29, 0.717) is 32.7 Å². The highest BCUT2D eigenvalue weighted by atomic mass is 79.9. The van der Waals surface area contributed by atoms with E-state index in [2.05, 4.69) is 36.0 Å². The summed E-state index contributed by atoms with van der Waals surface area (Å²) in [5, 5.41) is 8.68. The summed E-state index contributed by atoms with van der Waals surface area (Å²) in [6.45, 7) is 2.99. The maximum atomic E-state index is 13.1. The molecule has 1 unspecified atom stereocenters. The van der Waals surface area contributed by atoms with Gasteiger partial charge >= 0.3 is 0 Å². The first-order valence-corrected chi connectivity index (χ1v) is 11.7. The van der Waals surface area contributed by atoms with Crippen LogP contribution >= 0.6 is 15.9 Å². The molecule has 0 N–H and O–H groups in total. The number of rotatable bonds is 4. The number of amides is 2. The SMILES string of the molecule is O=C(C1CC(=O)N(c2cccc(Br)c2)C1)N1CCN(c2ccc(-c3ccccn3)nn2)CC1. The Morgan fingerprint density at radius 3 is 2.48 bits per heavy atom. The number of pyridine rings is 1. The van der Waals surface area contributed by atoms with Crippen LogP contribution in [0.15, 0.2) is 65.3 Å². The number of nitrogens with zero attached hydrogens (tertiary/aromatic N) is 6. The fourth-order valence-corrected chi connectivity index (χ4v) is 4.71. The van der Waals surface area contributed by atoms with E-state index in [1.165, 1.54) is 0 Å². The highest BCUT2D eigenvalue weighted by Crippen LogP contribution is 2.28. The molecule has 3 aromatic rings. The van der Waals surface area contributed by atoms with Crippen LogP contribution in [0.2, 0.25) is 0 Å². The zero-order chi connectivity index (χ0) is 22.8. The van der Waals surface area contributed by atoms with Crippen molar-refractivity contribution in [2.75, 3.05) is 42.5 Å². The summed E-state index contributed by atoms with van der Waals surface area (Å²) in [7, 11) is 0.